The topological polar surface area (TPSA) is 50.4 Å². The molecule has 0 unspecified atom stereocenters. The van der Waals surface area contributed by atoms with E-state index in [1.54, 1.807) is 0 Å². The van der Waals surface area contributed by atoms with Crippen molar-refractivity contribution in [2.75, 3.05) is 0 Å². The molecule has 0 atom stereocenters. The van der Waals surface area contributed by atoms with Gasteiger partial charge in [0.15, 0.2) is 11.5 Å². The lowest BCUT2D eigenvalue weighted by Gasteiger charge is -2.23. The molecule has 0 radical (unpaired) electrons. The minimum Gasteiger partial charge on any atom is -0.370 e. The average molecular weight is 223 g/mol. The van der Waals surface area contributed by atoms with Gasteiger partial charge >= 0.3 is 6.18 Å². The van der Waals surface area contributed by atoms with Gasteiger partial charge in [0.2, 0.25) is 0 Å². The van der Waals surface area contributed by atoms with Gasteiger partial charge in [-0.2, -0.15) is 13.2 Å². The van der Waals surface area contributed by atoms with Crippen molar-refractivity contribution in [3.05, 3.63) is 0 Å². The van der Waals surface area contributed by atoms with Crippen molar-refractivity contribution in [3.8, 4) is 0 Å². The van der Waals surface area contributed by atoms with E-state index in [0.717, 1.165) is 0 Å². The first-order valence-electron chi connectivity index (χ1n) is 4.76. The van der Waals surface area contributed by atoms with Gasteiger partial charge in [0.05, 0.1) is 0 Å². The van der Waals surface area contributed by atoms with Crippen molar-refractivity contribution < 1.29 is 13.2 Å². The monoisotopic (exact) mass is 223 g/mol. The number of rotatable bonds is 1. The molecule has 0 aromatic heterocycles. The molecular weight excluding hydrogens is 207 g/mol. The van der Waals surface area contributed by atoms with Gasteiger partial charge in [0.25, 0.3) is 0 Å². The molecule has 0 aliphatic heterocycles. The Morgan fingerprint density at radius 3 is 2.00 bits per heavy atom. The Balaban J connectivity index is 2.72. The molecule has 0 bridgehead atoms. The Kier molecular flexibility index (Phi) is 2.65. The van der Waals surface area contributed by atoms with Crippen LogP contribution in [-0.4, -0.2) is 23.2 Å². The van der Waals surface area contributed by atoms with Gasteiger partial charge in [0.1, 0.15) is 0 Å². The van der Waals surface area contributed by atoms with Crippen molar-refractivity contribution in [2.24, 2.45) is 10.7 Å². The second-order valence-electron chi connectivity index (χ2n) is 4.90. The zero-order chi connectivity index (χ0) is 11.9. The van der Waals surface area contributed by atoms with E-state index >= 15 is 0 Å². The van der Waals surface area contributed by atoms with E-state index in [1.165, 1.54) is 0 Å². The van der Waals surface area contributed by atoms with Crippen LogP contribution in [-0.2, 0) is 0 Å². The van der Waals surface area contributed by atoms with Gasteiger partial charge in [0, 0.05) is 5.54 Å². The van der Waals surface area contributed by atoms with Crippen LogP contribution in [0.2, 0.25) is 0 Å². The van der Waals surface area contributed by atoms with E-state index in [4.69, 9.17) is 5.73 Å². The Morgan fingerprint density at radius 1 is 1.27 bits per heavy atom. The molecule has 0 amide bonds. The maximum absolute atomic E-state index is 12.5. The molecule has 1 rings (SSSR count). The van der Waals surface area contributed by atoms with Crippen molar-refractivity contribution in [2.45, 2.75) is 50.9 Å². The van der Waals surface area contributed by atoms with Crippen molar-refractivity contribution in [1.82, 2.24) is 5.32 Å². The molecule has 1 fully saturated rings. The van der Waals surface area contributed by atoms with Crippen LogP contribution in [0.1, 0.15) is 33.6 Å². The summed E-state index contributed by atoms with van der Waals surface area (Å²) in [7, 11) is 0. The molecule has 1 aliphatic rings. The summed E-state index contributed by atoms with van der Waals surface area (Å²) in [6.07, 6.45) is -4.23. The highest BCUT2D eigenvalue weighted by molar-refractivity contribution is 5.79. The van der Waals surface area contributed by atoms with E-state index in [1.807, 2.05) is 20.8 Å². The van der Waals surface area contributed by atoms with E-state index in [-0.39, 0.29) is 24.3 Å². The summed E-state index contributed by atoms with van der Waals surface area (Å²) < 4.78 is 37.5. The number of nitrogens with zero attached hydrogens (tertiary/aromatic N) is 1. The highest BCUT2D eigenvalue weighted by atomic mass is 19.4. The van der Waals surface area contributed by atoms with Crippen LogP contribution in [0.25, 0.3) is 0 Å². The van der Waals surface area contributed by atoms with Crippen LogP contribution >= 0.6 is 0 Å². The number of hydrogen-bond donors (Lipinski definition) is 2. The maximum Gasteiger partial charge on any atom is 0.413 e. The molecule has 3 N–H and O–H groups in total. The highest BCUT2D eigenvalue weighted by Gasteiger charge is 2.64. The Labute approximate surface area is 86.9 Å². The van der Waals surface area contributed by atoms with Crippen LogP contribution in [0.4, 0.5) is 13.2 Å². The molecule has 6 heteroatoms. The van der Waals surface area contributed by atoms with Crippen LogP contribution < -0.4 is 11.1 Å². The largest absolute Gasteiger partial charge is 0.413 e. The number of hydrogen-bond acceptors (Lipinski definition) is 1. The van der Waals surface area contributed by atoms with Gasteiger partial charge in [-0.25, -0.2) is 4.99 Å². The molecule has 15 heavy (non-hydrogen) atoms. The molecule has 1 saturated carbocycles. The molecule has 1 aliphatic carbocycles. The third-order valence-electron chi connectivity index (χ3n) is 2.09. The van der Waals surface area contributed by atoms with Gasteiger partial charge in [-0.05, 0) is 33.6 Å². The fourth-order valence-corrected chi connectivity index (χ4v) is 1.22. The predicted molar refractivity (Wildman–Crippen MR) is 52.5 cm³/mol. The molecule has 0 saturated heterocycles. The third kappa shape index (κ3) is 3.00. The van der Waals surface area contributed by atoms with Crippen LogP contribution in [0, 0.1) is 0 Å². The number of alkyl halides is 3. The van der Waals surface area contributed by atoms with Crippen molar-refractivity contribution in [3.63, 3.8) is 0 Å². The van der Waals surface area contributed by atoms with E-state index < -0.39 is 11.7 Å². The first-order valence-corrected chi connectivity index (χ1v) is 4.76. The van der Waals surface area contributed by atoms with Crippen LogP contribution in [0.5, 0.6) is 0 Å². The number of nitrogens with two attached hydrogens (primary N) is 1. The Bertz CT molecular complexity index is 271. The Morgan fingerprint density at radius 2 is 1.73 bits per heavy atom. The summed E-state index contributed by atoms with van der Waals surface area (Å²) in [5.74, 6) is -0.141. The lowest BCUT2D eigenvalue weighted by atomic mass is 10.1. The molecule has 0 spiro atoms. The highest BCUT2D eigenvalue weighted by Crippen LogP contribution is 2.52. The lowest BCUT2D eigenvalue weighted by Crippen LogP contribution is -2.46. The van der Waals surface area contributed by atoms with Gasteiger partial charge in [-0.15, -0.1) is 0 Å². The molecule has 3 nitrogen and oxygen atoms in total. The first kappa shape index (κ1) is 12.1. The molecule has 0 aromatic carbocycles. The summed E-state index contributed by atoms with van der Waals surface area (Å²) in [6, 6.07) is 0. The zero-order valence-electron chi connectivity index (χ0n) is 9.07. The number of nitrogens with one attached hydrogen (secondary N) is 1. The maximum atomic E-state index is 12.5. The second kappa shape index (κ2) is 3.28. The normalized spacial score (nSPS) is 21.3. The SMILES string of the molecule is CC(C)(C)NC(N)=NC1(C(F)(F)F)CC1. The number of aliphatic imine (C=N–C) groups is 1. The number of halogens is 3. The quantitative estimate of drug-likeness (QED) is 0.526. The fourth-order valence-electron chi connectivity index (χ4n) is 1.22. The minimum absolute atomic E-state index is 0.0308. The standard InChI is InChI=1S/C9H16F3N3/c1-7(2,3)14-6(13)15-8(4-5-8)9(10,11)12/h4-5H2,1-3H3,(H3,13,14,15). The molecular formula is C9H16F3N3. The van der Waals surface area contributed by atoms with Crippen molar-refractivity contribution in [1.29, 1.82) is 0 Å². The van der Waals surface area contributed by atoms with E-state index in [2.05, 4.69) is 10.3 Å². The van der Waals surface area contributed by atoms with Gasteiger partial charge in [-0.1, -0.05) is 0 Å². The summed E-state index contributed by atoms with van der Waals surface area (Å²) in [5, 5.41) is 2.72. The minimum atomic E-state index is -4.29. The molecule has 0 heterocycles. The molecule has 0 aromatic rings. The average Bonchev–Trinajstić information content (AvgIpc) is 2.61. The summed E-state index contributed by atoms with van der Waals surface area (Å²) in [5.41, 5.74) is 3.12. The second-order valence-corrected chi connectivity index (χ2v) is 4.90. The summed E-state index contributed by atoms with van der Waals surface area (Å²) in [4.78, 5) is 3.53. The summed E-state index contributed by atoms with van der Waals surface area (Å²) in [6.45, 7) is 5.42. The first-order chi connectivity index (χ1) is 6.56. The zero-order valence-corrected chi connectivity index (χ0v) is 9.07. The smallest absolute Gasteiger partial charge is 0.370 e. The number of guanidine groups is 1. The molecule has 88 valence electrons. The fraction of sp³-hybridized carbons (Fsp3) is 0.889. The third-order valence-corrected chi connectivity index (χ3v) is 2.09. The lowest BCUT2D eigenvalue weighted by molar-refractivity contribution is -0.155. The van der Waals surface area contributed by atoms with Gasteiger partial charge < -0.3 is 11.1 Å². The van der Waals surface area contributed by atoms with Crippen LogP contribution in [0.3, 0.4) is 0 Å². The van der Waals surface area contributed by atoms with Crippen molar-refractivity contribution >= 4 is 5.96 Å². The van der Waals surface area contributed by atoms with Gasteiger partial charge in [-0.3, -0.25) is 0 Å². The Hall–Kier alpha value is -0.940. The van der Waals surface area contributed by atoms with E-state index in [9.17, 15) is 13.2 Å². The summed E-state index contributed by atoms with van der Waals surface area (Å²) >= 11 is 0. The van der Waals surface area contributed by atoms with E-state index in [0.29, 0.717) is 0 Å². The predicted octanol–water partition coefficient (Wildman–Crippen LogP) is 1.78. The van der Waals surface area contributed by atoms with Crippen LogP contribution in [0.15, 0.2) is 4.99 Å².